The number of carboxylic acid groups (broad SMARTS) is 1. The second kappa shape index (κ2) is 7.74. The summed E-state index contributed by atoms with van der Waals surface area (Å²) in [6.45, 7) is 1.47. The maximum atomic E-state index is 12.3. The van der Waals surface area contributed by atoms with E-state index in [0.717, 1.165) is 0 Å². The molecule has 0 saturated carbocycles. The number of aryl methyl sites for hydroxylation is 1. The third kappa shape index (κ3) is 4.23. The van der Waals surface area contributed by atoms with Crippen LogP contribution < -0.4 is 10.6 Å². The highest BCUT2D eigenvalue weighted by molar-refractivity contribution is 6.05. The lowest BCUT2D eigenvalue weighted by Crippen LogP contribution is -2.16. The van der Waals surface area contributed by atoms with Gasteiger partial charge in [-0.05, 0) is 37.3 Å². The first-order valence-electron chi connectivity index (χ1n) is 8.33. The van der Waals surface area contributed by atoms with Crippen LogP contribution in [-0.2, 0) is 11.8 Å². The van der Waals surface area contributed by atoms with Gasteiger partial charge in [0.15, 0.2) is 5.69 Å². The van der Waals surface area contributed by atoms with E-state index in [2.05, 4.69) is 20.8 Å². The zero-order chi connectivity index (χ0) is 20.3. The number of nitrogens with zero attached hydrogens (tertiary/aromatic N) is 4. The maximum absolute atomic E-state index is 12.3. The number of amides is 2. The number of hydrogen-bond acceptors (Lipinski definition) is 5. The van der Waals surface area contributed by atoms with E-state index in [1.54, 1.807) is 43.6 Å². The highest BCUT2D eigenvalue weighted by Crippen LogP contribution is 2.16. The van der Waals surface area contributed by atoms with Crippen LogP contribution in [0.2, 0.25) is 0 Å². The number of nitrogens with one attached hydrogen (secondary N) is 2. The molecule has 0 aliphatic rings. The Morgan fingerprint density at radius 1 is 1.04 bits per heavy atom. The minimum absolute atomic E-state index is 0.237. The molecule has 0 spiro atoms. The lowest BCUT2D eigenvalue weighted by molar-refractivity contribution is -0.140. The molecule has 1 unspecified atom stereocenters. The molecule has 28 heavy (non-hydrogen) atoms. The summed E-state index contributed by atoms with van der Waals surface area (Å²) in [5.41, 5.74) is 1.60. The molecule has 2 heterocycles. The van der Waals surface area contributed by atoms with Gasteiger partial charge in [0.2, 0.25) is 0 Å². The number of benzene rings is 1. The molecule has 0 aliphatic carbocycles. The van der Waals surface area contributed by atoms with Gasteiger partial charge >= 0.3 is 5.97 Å². The number of carbonyl (C=O) groups is 3. The zero-order valence-corrected chi connectivity index (χ0v) is 15.2. The normalized spacial score (nSPS) is 11.6. The Kier molecular flexibility index (Phi) is 5.21. The van der Waals surface area contributed by atoms with Crippen LogP contribution in [0.25, 0.3) is 0 Å². The van der Waals surface area contributed by atoms with E-state index in [1.165, 1.54) is 28.7 Å². The molecule has 0 saturated heterocycles. The molecule has 10 nitrogen and oxygen atoms in total. The minimum Gasteiger partial charge on any atom is -0.480 e. The number of carboxylic acids is 1. The van der Waals surface area contributed by atoms with Gasteiger partial charge in [0.05, 0.1) is 11.8 Å². The van der Waals surface area contributed by atoms with Crippen LogP contribution in [0.5, 0.6) is 0 Å². The standard InChI is InChI=1S/C18H18N6O4/c1-11(18(27)28)24-10-12(9-19-24)16(25)20-13-3-5-14(6-4-13)21-17(26)15-7-8-23(2)22-15/h3-11H,1-2H3,(H,20,25)(H,21,26)(H,27,28). The molecule has 0 radical (unpaired) electrons. The fourth-order valence-electron chi connectivity index (χ4n) is 2.35. The van der Waals surface area contributed by atoms with Gasteiger partial charge in [-0.3, -0.25) is 19.0 Å². The van der Waals surface area contributed by atoms with Crippen molar-refractivity contribution in [3.05, 3.63) is 60.2 Å². The molecule has 144 valence electrons. The van der Waals surface area contributed by atoms with Crippen LogP contribution in [0.15, 0.2) is 48.9 Å². The second-order valence-corrected chi connectivity index (χ2v) is 6.08. The number of rotatable bonds is 6. The van der Waals surface area contributed by atoms with Crippen molar-refractivity contribution in [1.82, 2.24) is 19.6 Å². The lowest BCUT2D eigenvalue weighted by atomic mass is 10.2. The molecular formula is C18H18N6O4. The lowest BCUT2D eigenvalue weighted by Gasteiger charge is -2.07. The van der Waals surface area contributed by atoms with E-state index in [0.29, 0.717) is 17.1 Å². The maximum Gasteiger partial charge on any atom is 0.328 e. The van der Waals surface area contributed by atoms with Gasteiger partial charge in [-0.25, -0.2) is 4.79 Å². The molecule has 10 heteroatoms. The summed E-state index contributed by atoms with van der Waals surface area (Å²) in [4.78, 5) is 35.3. The highest BCUT2D eigenvalue weighted by atomic mass is 16.4. The molecule has 0 aliphatic heterocycles. The summed E-state index contributed by atoms with van der Waals surface area (Å²) in [6, 6.07) is 7.30. The van der Waals surface area contributed by atoms with Gasteiger partial charge in [0, 0.05) is 30.8 Å². The number of carbonyl (C=O) groups excluding carboxylic acids is 2. The Morgan fingerprint density at radius 3 is 2.18 bits per heavy atom. The summed E-state index contributed by atoms with van der Waals surface area (Å²) in [7, 11) is 1.72. The van der Waals surface area contributed by atoms with E-state index in [4.69, 9.17) is 5.11 Å². The van der Waals surface area contributed by atoms with Gasteiger partial charge in [0.25, 0.3) is 11.8 Å². The van der Waals surface area contributed by atoms with Crippen molar-refractivity contribution in [2.24, 2.45) is 7.05 Å². The van der Waals surface area contributed by atoms with Crippen molar-refractivity contribution >= 4 is 29.2 Å². The Balaban J connectivity index is 1.61. The van der Waals surface area contributed by atoms with E-state index in [1.807, 2.05) is 0 Å². The van der Waals surface area contributed by atoms with Crippen LogP contribution in [-0.4, -0.2) is 42.5 Å². The second-order valence-electron chi connectivity index (χ2n) is 6.08. The van der Waals surface area contributed by atoms with Crippen molar-refractivity contribution in [2.45, 2.75) is 13.0 Å². The Morgan fingerprint density at radius 2 is 1.64 bits per heavy atom. The van der Waals surface area contributed by atoms with Crippen LogP contribution in [0.3, 0.4) is 0 Å². The van der Waals surface area contributed by atoms with Crippen molar-refractivity contribution in [3.63, 3.8) is 0 Å². The molecule has 1 atom stereocenters. The molecule has 3 aromatic rings. The number of hydrogen-bond donors (Lipinski definition) is 3. The first kappa shape index (κ1) is 18.8. The molecule has 0 fully saturated rings. The number of aliphatic carboxylic acids is 1. The summed E-state index contributed by atoms with van der Waals surface area (Å²) in [5, 5.41) is 22.3. The molecule has 3 N–H and O–H groups in total. The average Bonchev–Trinajstić information content (AvgIpc) is 3.32. The summed E-state index contributed by atoms with van der Waals surface area (Å²) >= 11 is 0. The van der Waals surface area contributed by atoms with Crippen molar-refractivity contribution < 1.29 is 19.5 Å². The SMILES string of the molecule is CC(C(=O)O)n1cc(C(=O)Nc2ccc(NC(=O)c3ccn(C)n3)cc2)cn1. The Labute approximate surface area is 159 Å². The van der Waals surface area contributed by atoms with Gasteiger partial charge in [0.1, 0.15) is 6.04 Å². The first-order valence-corrected chi connectivity index (χ1v) is 8.33. The van der Waals surface area contributed by atoms with Crippen LogP contribution in [0.4, 0.5) is 11.4 Å². The van der Waals surface area contributed by atoms with Crippen molar-refractivity contribution in [1.29, 1.82) is 0 Å². The molecular weight excluding hydrogens is 364 g/mol. The highest BCUT2D eigenvalue weighted by Gasteiger charge is 2.17. The number of anilines is 2. The van der Waals surface area contributed by atoms with Crippen LogP contribution in [0, 0.1) is 0 Å². The summed E-state index contributed by atoms with van der Waals surface area (Å²) in [6.07, 6.45) is 4.35. The number of aromatic nitrogens is 4. The van der Waals surface area contributed by atoms with Crippen molar-refractivity contribution in [2.75, 3.05) is 10.6 Å². The molecule has 3 rings (SSSR count). The Hall–Kier alpha value is -3.95. The smallest absolute Gasteiger partial charge is 0.328 e. The van der Waals surface area contributed by atoms with Crippen molar-refractivity contribution in [3.8, 4) is 0 Å². The quantitative estimate of drug-likeness (QED) is 0.595. The predicted octanol–water partition coefficient (Wildman–Crippen LogP) is 1.77. The summed E-state index contributed by atoms with van der Waals surface area (Å²) in [5.74, 6) is -1.80. The molecule has 0 bridgehead atoms. The topological polar surface area (TPSA) is 131 Å². The van der Waals surface area contributed by atoms with E-state index in [-0.39, 0.29) is 11.5 Å². The molecule has 2 aromatic heterocycles. The first-order chi connectivity index (χ1) is 13.3. The van der Waals surface area contributed by atoms with Gasteiger partial charge in [-0.2, -0.15) is 10.2 Å². The van der Waals surface area contributed by atoms with E-state index in [9.17, 15) is 14.4 Å². The van der Waals surface area contributed by atoms with Gasteiger partial charge in [-0.1, -0.05) is 0 Å². The fraction of sp³-hybridized carbons (Fsp3) is 0.167. The molecule has 2 amide bonds. The van der Waals surface area contributed by atoms with E-state index < -0.39 is 17.9 Å². The summed E-state index contributed by atoms with van der Waals surface area (Å²) < 4.78 is 2.74. The Bertz CT molecular complexity index is 1020. The monoisotopic (exact) mass is 382 g/mol. The predicted molar refractivity (Wildman–Crippen MR) is 100 cm³/mol. The minimum atomic E-state index is -1.04. The van der Waals surface area contributed by atoms with E-state index >= 15 is 0 Å². The van der Waals surface area contributed by atoms with Crippen LogP contribution >= 0.6 is 0 Å². The van der Waals surface area contributed by atoms with Gasteiger partial charge < -0.3 is 15.7 Å². The third-order valence-electron chi connectivity index (χ3n) is 3.96. The van der Waals surface area contributed by atoms with Gasteiger partial charge in [-0.15, -0.1) is 0 Å². The zero-order valence-electron chi connectivity index (χ0n) is 15.2. The fourth-order valence-corrected chi connectivity index (χ4v) is 2.35. The largest absolute Gasteiger partial charge is 0.480 e. The third-order valence-corrected chi connectivity index (χ3v) is 3.96. The van der Waals surface area contributed by atoms with Crippen LogP contribution in [0.1, 0.15) is 33.8 Å². The molecule has 1 aromatic carbocycles. The average molecular weight is 382 g/mol.